The molecule has 1 spiro atoms. The number of nitrogens with zero attached hydrogens (tertiary/aromatic N) is 2. The summed E-state index contributed by atoms with van der Waals surface area (Å²) in [4.78, 5) is 41.7. The fourth-order valence-corrected chi connectivity index (χ4v) is 4.58. The highest BCUT2D eigenvalue weighted by molar-refractivity contribution is 7.09. The number of nitrogens with one attached hydrogen (secondary N) is 1. The molecule has 4 amide bonds. The third-order valence-electron chi connectivity index (χ3n) is 5.37. The number of benzene rings is 1. The zero-order chi connectivity index (χ0) is 19.0. The van der Waals surface area contributed by atoms with E-state index in [1.54, 1.807) is 23.3 Å². The SMILES string of the molecule is CN(Cc1cccs1)C(=O)CN1C(=O)N[C@]2(CCc3ccccc3C2)C1=O. The molecule has 0 unspecified atom stereocenters. The molecule has 2 aromatic rings. The predicted molar refractivity (Wildman–Crippen MR) is 102 cm³/mol. The van der Waals surface area contributed by atoms with Gasteiger partial charge in [0.1, 0.15) is 12.1 Å². The minimum Gasteiger partial charge on any atom is -0.339 e. The Kier molecular flexibility index (Phi) is 4.47. The van der Waals surface area contributed by atoms with Crippen LogP contribution in [0.4, 0.5) is 4.79 Å². The second-order valence-electron chi connectivity index (χ2n) is 7.18. The smallest absolute Gasteiger partial charge is 0.325 e. The molecule has 1 aliphatic heterocycles. The molecule has 1 N–H and O–H groups in total. The van der Waals surface area contributed by atoms with E-state index in [2.05, 4.69) is 11.4 Å². The maximum atomic E-state index is 13.1. The molecule has 0 saturated carbocycles. The Hall–Kier alpha value is -2.67. The van der Waals surface area contributed by atoms with Crippen LogP contribution in [0.2, 0.25) is 0 Å². The molecule has 0 radical (unpaired) electrons. The standard InChI is InChI=1S/C20H21N3O3S/c1-22(12-16-7-4-10-27-16)17(24)13-23-18(25)20(21-19(23)26)9-8-14-5-2-3-6-15(14)11-20/h2-7,10H,8-9,11-13H2,1H3,(H,21,26)/t20-/m0/s1. The lowest BCUT2D eigenvalue weighted by Crippen LogP contribution is -2.51. The fraction of sp³-hybridized carbons (Fsp3) is 0.350. The molecule has 0 bridgehead atoms. The molecule has 1 aromatic heterocycles. The molecule has 4 rings (SSSR count). The second-order valence-corrected chi connectivity index (χ2v) is 8.21. The summed E-state index contributed by atoms with van der Waals surface area (Å²) in [6.45, 7) is 0.245. The molecule has 1 saturated heterocycles. The molecule has 1 aromatic carbocycles. The molecule has 2 aliphatic rings. The highest BCUT2D eigenvalue weighted by atomic mass is 32.1. The highest BCUT2D eigenvalue weighted by Gasteiger charge is 2.52. The first-order chi connectivity index (χ1) is 13.0. The van der Waals surface area contributed by atoms with Crippen LogP contribution in [0.25, 0.3) is 0 Å². The van der Waals surface area contributed by atoms with Gasteiger partial charge in [0.2, 0.25) is 5.91 Å². The van der Waals surface area contributed by atoms with Crippen molar-refractivity contribution >= 4 is 29.2 Å². The van der Waals surface area contributed by atoms with E-state index in [-0.39, 0.29) is 18.4 Å². The average molecular weight is 383 g/mol. The molecule has 7 heteroatoms. The number of fused-ring (bicyclic) bond motifs is 1. The molecule has 1 fully saturated rings. The van der Waals surface area contributed by atoms with Gasteiger partial charge in [-0.05, 0) is 35.4 Å². The van der Waals surface area contributed by atoms with E-state index < -0.39 is 11.6 Å². The topological polar surface area (TPSA) is 69.7 Å². The van der Waals surface area contributed by atoms with Gasteiger partial charge in [0.05, 0.1) is 6.54 Å². The maximum absolute atomic E-state index is 13.1. The molecule has 1 atom stereocenters. The number of thiophene rings is 1. The number of imide groups is 1. The van der Waals surface area contributed by atoms with Crippen molar-refractivity contribution in [3.05, 3.63) is 57.8 Å². The average Bonchev–Trinajstić information content (AvgIpc) is 3.24. The Morgan fingerprint density at radius 3 is 2.74 bits per heavy atom. The normalized spacial score (nSPS) is 21.3. The van der Waals surface area contributed by atoms with Gasteiger partial charge in [0, 0.05) is 18.3 Å². The lowest BCUT2D eigenvalue weighted by molar-refractivity contribution is -0.138. The first-order valence-electron chi connectivity index (χ1n) is 8.96. The summed E-state index contributed by atoms with van der Waals surface area (Å²) in [6, 6.07) is 11.4. The molecule has 27 heavy (non-hydrogen) atoms. The first kappa shape index (κ1) is 17.7. The fourth-order valence-electron chi connectivity index (χ4n) is 3.82. The Balaban J connectivity index is 1.46. The summed E-state index contributed by atoms with van der Waals surface area (Å²) < 4.78 is 0. The Bertz CT molecular complexity index is 896. The number of carbonyl (C=O) groups is 3. The zero-order valence-electron chi connectivity index (χ0n) is 15.1. The summed E-state index contributed by atoms with van der Waals surface area (Å²) in [5, 5.41) is 4.82. The van der Waals surface area contributed by atoms with Crippen molar-refractivity contribution in [3.8, 4) is 0 Å². The minimum atomic E-state index is -0.919. The van der Waals surface area contributed by atoms with Crippen LogP contribution in [0, 0.1) is 0 Å². The number of likely N-dealkylation sites (N-methyl/N-ethyl adjacent to an activating group) is 1. The molecular weight excluding hydrogens is 362 g/mol. The van der Waals surface area contributed by atoms with E-state index in [1.165, 1.54) is 5.56 Å². The van der Waals surface area contributed by atoms with Crippen LogP contribution in [0.15, 0.2) is 41.8 Å². The number of urea groups is 1. The van der Waals surface area contributed by atoms with Crippen LogP contribution in [0.1, 0.15) is 22.4 Å². The second kappa shape index (κ2) is 6.81. The monoisotopic (exact) mass is 383 g/mol. The van der Waals surface area contributed by atoms with Crippen LogP contribution in [0.5, 0.6) is 0 Å². The molecule has 1 aliphatic carbocycles. The lowest BCUT2D eigenvalue weighted by atomic mass is 9.78. The van der Waals surface area contributed by atoms with Gasteiger partial charge < -0.3 is 10.2 Å². The van der Waals surface area contributed by atoms with Gasteiger partial charge in [-0.25, -0.2) is 4.79 Å². The summed E-state index contributed by atoms with van der Waals surface area (Å²) in [6.07, 6.45) is 1.77. The number of rotatable bonds is 4. The van der Waals surface area contributed by atoms with Crippen LogP contribution in [0.3, 0.4) is 0 Å². The minimum absolute atomic E-state index is 0.226. The van der Waals surface area contributed by atoms with Gasteiger partial charge in [-0.2, -0.15) is 0 Å². The van der Waals surface area contributed by atoms with Crippen LogP contribution in [-0.2, 0) is 29.0 Å². The summed E-state index contributed by atoms with van der Waals surface area (Å²) in [7, 11) is 1.69. The van der Waals surface area contributed by atoms with Gasteiger partial charge in [0.25, 0.3) is 5.91 Å². The molecular formula is C20H21N3O3S. The van der Waals surface area contributed by atoms with Gasteiger partial charge >= 0.3 is 6.03 Å². The van der Waals surface area contributed by atoms with Gasteiger partial charge in [-0.1, -0.05) is 30.3 Å². The van der Waals surface area contributed by atoms with E-state index in [4.69, 9.17) is 0 Å². The van der Waals surface area contributed by atoms with Crippen molar-refractivity contribution in [2.45, 2.75) is 31.3 Å². The van der Waals surface area contributed by atoms with E-state index in [0.717, 1.165) is 21.8 Å². The first-order valence-corrected chi connectivity index (χ1v) is 9.84. The van der Waals surface area contributed by atoms with Crippen LogP contribution >= 0.6 is 11.3 Å². The Morgan fingerprint density at radius 1 is 1.22 bits per heavy atom. The summed E-state index contributed by atoms with van der Waals surface area (Å²) in [5.41, 5.74) is 1.38. The lowest BCUT2D eigenvalue weighted by Gasteiger charge is -2.32. The Labute approximate surface area is 161 Å². The highest BCUT2D eigenvalue weighted by Crippen LogP contribution is 2.33. The largest absolute Gasteiger partial charge is 0.339 e. The third-order valence-corrected chi connectivity index (χ3v) is 6.23. The third kappa shape index (κ3) is 3.23. The maximum Gasteiger partial charge on any atom is 0.325 e. The molecule has 140 valence electrons. The summed E-state index contributed by atoms with van der Waals surface area (Å²) >= 11 is 1.57. The van der Waals surface area contributed by atoms with E-state index in [0.29, 0.717) is 19.4 Å². The summed E-state index contributed by atoms with van der Waals surface area (Å²) in [5.74, 6) is -0.542. The van der Waals surface area contributed by atoms with E-state index >= 15 is 0 Å². The number of hydrogen-bond donors (Lipinski definition) is 1. The zero-order valence-corrected chi connectivity index (χ0v) is 15.9. The van der Waals surface area contributed by atoms with Crippen LogP contribution < -0.4 is 5.32 Å². The van der Waals surface area contributed by atoms with Gasteiger partial charge in [-0.15, -0.1) is 11.3 Å². The number of carbonyl (C=O) groups excluding carboxylic acids is 3. The van der Waals surface area contributed by atoms with Crippen molar-refractivity contribution in [2.75, 3.05) is 13.6 Å². The predicted octanol–water partition coefficient (Wildman–Crippen LogP) is 2.19. The van der Waals surface area contributed by atoms with Crippen molar-refractivity contribution in [2.24, 2.45) is 0 Å². The number of hydrogen-bond acceptors (Lipinski definition) is 4. The van der Waals surface area contributed by atoms with Crippen molar-refractivity contribution in [1.82, 2.24) is 15.1 Å². The quantitative estimate of drug-likeness (QED) is 0.823. The van der Waals surface area contributed by atoms with Crippen molar-refractivity contribution in [1.29, 1.82) is 0 Å². The number of aryl methyl sites for hydroxylation is 1. The molecule has 6 nitrogen and oxygen atoms in total. The van der Waals surface area contributed by atoms with Gasteiger partial charge in [-0.3, -0.25) is 14.5 Å². The number of amides is 4. The van der Waals surface area contributed by atoms with Crippen molar-refractivity contribution < 1.29 is 14.4 Å². The van der Waals surface area contributed by atoms with E-state index in [9.17, 15) is 14.4 Å². The molecule has 2 heterocycles. The van der Waals surface area contributed by atoms with E-state index in [1.807, 2.05) is 35.7 Å². The van der Waals surface area contributed by atoms with Crippen LogP contribution in [-0.4, -0.2) is 46.8 Å². The van der Waals surface area contributed by atoms with Gasteiger partial charge in [0.15, 0.2) is 0 Å². The van der Waals surface area contributed by atoms with Crippen molar-refractivity contribution in [3.63, 3.8) is 0 Å². The Morgan fingerprint density at radius 2 is 2.00 bits per heavy atom.